The van der Waals surface area contributed by atoms with Crippen LogP contribution in [0, 0.1) is 11.7 Å². The third kappa shape index (κ3) is 4.07. The second kappa shape index (κ2) is 7.74. The summed E-state index contributed by atoms with van der Waals surface area (Å²) in [6.07, 6.45) is 1.75. The molecule has 1 aromatic rings. The van der Waals surface area contributed by atoms with Gasteiger partial charge in [-0.25, -0.2) is 12.8 Å². The number of nitrogens with zero attached hydrogens (tertiary/aromatic N) is 1. The molecular weight excluding hydrogens is 338 g/mol. The standard InChI is InChI=1S/C13H18ClFN2O2S.ClH/c1-16-8-10-4-3-7-17(9-10)20(18,19)13-11(14)5-2-6-12(13)15;/h2,5-6,10,16H,3-4,7-9H2,1H3;1H. The van der Waals surface area contributed by atoms with E-state index in [0.717, 1.165) is 25.5 Å². The molecule has 1 atom stereocenters. The van der Waals surface area contributed by atoms with Crippen molar-refractivity contribution in [1.82, 2.24) is 9.62 Å². The molecule has 0 aromatic heterocycles. The van der Waals surface area contributed by atoms with Crippen molar-refractivity contribution in [2.45, 2.75) is 17.7 Å². The summed E-state index contributed by atoms with van der Waals surface area (Å²) in [5.74, 6) is -0.553. The summed E-state index contributed by atoms with van der Waals surface area (Å²) in [5, 5.41) is 2.98. The van der Waals surface area contributed by atoms with Gasteiger partial charge in [0.05, 0.1) is 5.02 Å². The number of benzene rings is 1. The van der Waals surface area contributed by atoms with Gasteiger partial charge >= 0.3 is 0 Å². The fraction of sp³-hybridized carbons (Fsp3) is 0.538. The number of halogens is 3. The molecule has 8 heteroatoms. The third-order valence-electron chi connectivity index (χ3n) is 3.49. The van der Waals surface area contributed by atoms with Crippen molar-refractivity contribution < 1.29 is 12.8 Å². The molecule has 0 spiro atoms. The van der Waals surface area contributed by atoms with Crippen LogP contribution < -0.4 is 5.32 Å². The van der Waals surface area contributed by atoms with Gasteiger partial charge in [-0.3, -0.25) is 0 Å². The van der Waals surface area contributed by atoms with Crippen LogP contribution in [-0.2, 0) is 10.0 Å². The van der Waals surface area contributed by atoms with Crippen LogP contribution in [0.4, 0.5) is 4.39 Å². The number of rotatable bonds is 4. The van der Waals surface area contributed by atoms with Crippen LogP contribution in [-0.4, -0.2) is 39.4 Å². The zero-order chi connectivity index (χ0) is 14.8. The van der Waals surface area contributed by atoms with E-state index >= 15 is 0 Å². The molecule has 0 amide bonds. The van der Waals surface area contributed by atoms with Gasteiger partial charge in [0.25, 0.3) is 0 Å². The molecule has 1 heterocycles. The Balaban J connectivity index is 0.00000220. The van der Waals surface area contributed by atoms with E-state index in [1.165, 1.54) is 16.4 Å². The number of piperidine rings is 1. The maximum Gasteiger partial charge on any atom is 0.247 e. The van der Waals surface area contributed by atoms with Crippen LogP contribution in [0.5, 0.6) is 0 Å². The second-order valence-electron chi connectivity index (χ2n) is 4.98. The Morgan fingerprint density at radius 3 is 2.81 bits per heavy atom. The fourth-order valence-electron chi connectivity index (χ4n) is 2.56. The van der Waals surface area contributed by atoms with Gasteiger partial charge in [-0.15, -0.1) is 12.4 Å². The lowest BCUT2D eigenvalue weighted by Crippen LogP contribution is -2.42. The molecule has 1 N–H and O–H groups in total. The van der Waals surface area contributed by atoms with Crippen molar-refractivity contribution >= 4 is 34.0 Å². The molecule has 1 aliphatic rings. The summed E-state index contributed by atoms with van der Waals surface area (Å²) in [6.45, 7) is 1.55. The first-order valence-electron chi connectivity index (χ1n) is 6.55. The normalized spacial score (nSPS) is 20.0. The van der Waals surface area contributed by atoms with Crippen LogP contribution in [0.15, 0.2) is 23.1 Å². The summed E-state index contributed by atoms with van der Waals surface area (Å²) in [6, 6.07) is 3.91. The van der Waals surface area contributed by atoms with Gasteiger partial charge in [-0.2, -0.15) is 4.31 Å². The predicted molar refractivity (Wildman–Crippen MR) is 84.1 cm³/mol. The maximum atomic E-state index is 13.8. The largest absolute Gasteiger partial charge is 0.319 e. The minimum atomic E-state index is -3.88. The highest BCUT2D eigenvalue weighted by atomic mass is 35.5. The van der Waals surface area contributed by atoms with E-state index in [0.29, 0.717) is 13.1 Å². The van der Waals surface area contributed by atoms with Gasteiger partial charge in [-0.1, -0.05) is 17.7 Å². The van der Waals surface area contributed by atoms with E-state index < -0.39 is 20.7 Å². The van der Waals surface area contributed by atoms with Crippen molar-refractivity contribution in [1.29, 1.82) is 0 Å². The Kier molecular flexibility index (Phi) is 6.87. The number of sulfonamides is 1. The van der Waals surface area contributed by atoms with Crippen LogP contribution in [0.2, 0.25) is 5.02 Å². The highest BCUT2D eigenvalue weighted by molar-refractivity contribution is 7.89. The molecule has 0 saturated carbocycles. The summed E-state index contributed by atoms with van der Waals surface area (Å²) in [5.41, 5.74) is 0. The number of nitrogens with one attached hydrogen (secondary N) is 1. The Labute approximate surface area is 136 Å². The molecule has 1 saturated heterocycles. The highest BCUT2D eigenvalue weighted by Gasteiger charge is 2.33. The van der Waals surface area contributed by atoms with Gasteiger partial charge in [0.15, 0.2) is 0 Å². The van der Waals surface area contributed by atoms with Crippen LogP contribution in [0.3, 0.4) is 0 Å². The fourth-order valence-corrected chi connectivity index (χ4v) is 4.68. The average Bonchev–Trinajstić information content (AvgIpc) is 2.39. The zero-order valence-corrected chi connectivity index (χ0v) is 14.1. The van der Waals surface area contributed by atoms with Gasteiger partial charge < -0.3 is 5.32 Å². The summed E-state index contributed by atoms with van der Waals surface area (Å²) >= 11 is 5.87. The first kappa shape index (κ1) is 18.6. The van der Waals surface area contributed by atoms with Gasteiger partial charge in [-0.05, 0) is 44.5 Å². The molecule has 1 aromatic carbocycles. The van der Waals surface area contributed by atoms with E-state index in [2.05, 4.69) is 5.32 Å². The smallest absolute Gasteiger partial charge is 0.247 e. The Bertz CT molecular complexity index is 561. The lowest BCUT2D eigenvalue weighted by Gasteiger charge is -2.32. The summed E-state index contributed by atoms with van der Waals surface area (Å²) in [7, 11) is -2.04. The van der Waals surface area contributed by atoms with Crippen molar-refractivity contribution in [2.24, 2.45) is 5.92 Å². The molecule has 1 aliphatic heterocycles. The number of hydrogen-bond donors (Lipinski definition) is 1. The molecule has 4 nitrogen and oxygen atoms in total. The van der Waals surface area contributed by atoms with Gasteiger partial charge in [0, 0.05) is 13.1 Å². The zero-order valence-electron chi connectivity index (χ0n) is 11.7. The minimum absolute atomic E-state index is 0. The maximum absolute atomic E-state index is 13.8. The van der Waals surface area contributed by atoms with E-state index in [1.807, 2.05) is 7.05 Å². The lowest BCUT2D eigenvalue weighted by molar-refractivity contribution is 0.263. The third-order valence-corrected chi connectivity index (χ3v) is 5.86. The first-order chi connectivity index (χ1) is 9.46. The minimum Gasteiger partial charge on any atom is -0.319 e. The van der Waals surface area contributed by atoms with E-state index in [4.69, 9.17) is 11.6 Å². The Morgan fingerprint density at radius 1 is 1.48 bits per heavy atom. The lowest BCUT2D eigenvalue weighted by atomic mass is 10.00. The molecule has 1 unspecified atom stereocenters. The van der Waals surface area contributed by atoms with Crippen molar-refractivity contribution in [3.05, 3.63) is 29.0 Å². The van der Waals surface area contributed by atoms with Crippen LogP contribution >= 0.6 is 24.0 Å². The molecule has 21 heavy (non-hydrogen) atoms. The number of hydrogen-bond acceptors (Lipinski definition) is 3. The quantitative estimate of drug-likeness (QED) is 0.901. The van der Waals surface area contributed by atoms with Crippen molar-refractivity contribution in [2.75, 3.05) is 26.7 Å². The Morgan fingerprint density at radius 2 is 2.19 bits per heavy atom. The molecule has 1 fully saturated rings. The van der Waals surface area contributed by atoms with Gasteiger partial charge in [0.1, 0.15) is 10.7 Å². The van der Waals surface area contributed by atoms with Crippen LogP contribution in [0.25, 0.3) is 0 Å². The monoisotopic (exact) mass is 356 g/mol. The average molecular weight is 357 g/mol. The van der Waals surface area contributed by atoms with Crippen molar-refractivity contribution in [3.8, 4) is 0 Å². The predicted octanol–water partition coefficient (Wildman–Crippen LogP) is 2.52. The highest BCUT2D eigenvalue weighted by Crippen LogP contribution is 2.30. The topological polar surface area (TPSA) is 49.4 Å². The Hall–Kier alpha value is -0.400. The van der Waals surface area contributed by atoms with Crippen molar-refractivity contribution in [3.63, 3.8) is 0 Å². The summed E-state index contributed by atoms with van der Waals surface area (Å²) in [4.78, 5) is -0.410. The molecule has 0 radical (unpaired) electrons. The molecule has 120 valence electrons. The van der Waals surface area contributed by atoms with Crippen LogP contribution in [0.1, 0.15) is 12.8 Å². The summed E-state index contributed by atoms with van der Waals surface area (Å²) < 4.78 is 40.3. The first-order valence-corrected chi connectivity index (χ1v) is 8.37. The van der Waals surface area contributed by atoms with E-state index in [-0.39, 0.29) is 23.3 Å². The van der Waals surface area contributed by atoms with E-state index in [9.17, 15) is 12.8 Å². The molecule has 0 aliphatic carbocycles. The van der Waals surface area contributed by atoms with Gasteiger partial charge in [0.2, 0.25) is 10.0 Å². The second-order valence-corrected chi connectivity index (χ2v) is 7.26. The molecular formula is C13H19Cl2FN2O2S. The SMILES string of the molecule is CNCC1CCCN(S(=O)(=O)c2c(F)cccc2Cl)C1.Cl. The molecule has 2 rings (SSSR count). The molecule has 0 bridgehead atoms. The van der Waals surface area contributed by atoms with E-state index in [1.54, 1.807) is 0 Å².